The van der Waals surface area contributed by atoms with Gasteiger partial charge in [-0.05, 0) is 29.8 Å². The first-order valence-electron chi connectivity index (χ1n) is 11.3. The van der Waals surface area contributed by atoms with E-state index in [1.54, 1.807) is 0 Å². The van der Waals surface area contributed by atoms with E-state index < -0.39 is 17.4 Å². The zero-order valence-corrected chi connectivity index (χ0v) is 18.4. The molecule has 1 atom stereocenters. The lowest BCUT2D eigenvalue weighted by Crippen LogP contribution is -2.36. The Labute approximate surface area is 197 Å². The van der Waals surface area contributed by atoms with Crippen LogP contribution in [-0.4, -0.2) is 39.6 Å². The lowest BCUT2D eigenvalue weighted by molar-refractivity contribution is -0.153. The van der Waals surface area contributed by atoms with Crippen LogP contribution >= 0.6 is 0 Å². The van der Waals surface area contributed by atoms with Crippen LogP contribution in [0.15, 0.2) is 40.8 Å². The van der Waals surface area contributed by atoms with Crippen LogP contribution in [0.1, 0.15) is 22.6 Å². The van der Waals surface area contributed by atoms with Crippen molar-refractivity contribution >= 4 is 5.69 Å². The highest BCUT2D eigenvalue weighted by Gasteiger charge is 2.51. The van der Waals surface area contributed by atoms with Gasteiger partial charge in [-0.3, -0.25) is 0 Å². The van der Waals surface area contributed by atoms with Crippen LogP contribution in [-0.2, 0) is 18.1 Å². The molecule has 10 heteroatoms. The number of ether oxygens (including phenoxy) is 5. The third-order valence-corrected chi connectivity index (χ3v) is 6.90. The highest BCUT2D eigenvalue weighted by atomic mass is 19.4. The van der Waals surface area contributed by atoms with Gasteiger partial charge in [0.2, 0.25) is 5.76 Å². The summed E-state index contributed by atoms with van der Waals surface area (Å²) in [4.78, 5) is 2.00. The van der Waals surface area contributed by atoms with Gasteiger partial charge in [-0.2, -0.15) is 13.2 Å². The Balaban J connectivity index is 1.33. The molecule has 0 aliphatic carbocycles. The Kier molecular flexibility index (Phi) is 4.23. The van der Waals surface area contributed by atoms with Gasteiger partial charge in [-0.1, -0.05) is 0 Å². The van der Waals surface area contributed by atoms with Crippen molar-refractivity contribution in [3.05, 3.63) is 59.0 Å². The molecule has 4 aliphatic heterocycles. The van der Waals surface area contributed by atoms with Crippen LogP contribution < -0.4 is 28.6 Å². The van der Waals surface area contributed by atoms with Crippen LogP contribution in [0.5, 0.6) is 28.7 Å². The number of rotatable bonds is 2. The quantitative estimate of drug-likeness (QED) is 0.526. The molecule has 0 saturated heterocycles. The van der Waals surface area contributed by atoms with E-state index in [1.165, 1.54) is 6.07 Å². The number of hydrogen-bond acceptors (Lipinski definition) is 7. The number of halogens is 3. The van der Waals surface area contributed by atoms with Gasteiger partial charge >= 0.3 is 6.18 Å². The Hall–Kier alpha value is -3.69. The maximum Gasteiger partial charge on any atom is 0.449 e. The van der Waals surface area contributed by atoms with Crippen molar-refractivity contribution in [2.24, 2.45) is 0 Å². The predicted octanol–water partition coefficient (Wildman–Crippen LogP) is 4.54. The van der Waals surface area contributed by atoms with Gasteiger partial charge in [0.15, 0.2) is 23.0 Å². The number of nitrogens with zero attached hydrogens (tertiary/aromatic N) is 1. The fraction of sp³-hybridized carbons (Fsp3) is 0.360. The number of anilines is 1. The van der Waals surface area contributed by atoms with E-state index in [-0.39, 0.29) is 12.3 Å². The molecule has 0 amide bonds. The summed E-state index contributed by atoms with van der Waals surface area (Å²) in [6.07, 6.45) is -4.54. The zero-order valence-electron chi connectivity index (χ0n) is 18.4. The summed E-state index contributed by atoms with van der Waals surface area (Å²) in [6.45, 7) is 2.80. The van der Waals surface area contributed by atoms with E-state index in [0.717, 1.165) is 22.9 Å². The van der Waals surface area contributed by atoms with E-state index in [9.17, 15) is 13.2 Å². The fourth-order valence-electron chi connectivity index (χ4n) is 5.36. The minimum absolute atomic E-state index is 0.157. The highest BCUT2D eigenvalue weighted by molar-refractivity contribution is 5.74. The van der Waals surface area contributed by atoms with Gasteiger partial charge < -0.3 is 33.0 Å². The van der Waals surface area contributed by atoms with Crippen LogP contribution in [0, 0.1) is 0 Å². The number of hydrogen-bond donors (Lipinski definition) is 0. The maximum atomic E-state index is 13.1. The predicted molar refractivity (Wildman–Crippen MR) is 116 cm³/mol. The highest BCUT2D eigenvalue weighted by Crippen LogP contribution is 2.56. The lowest BCUT2D eigenvalue weighted by Gasteiger charge is -2.26. The second-order valence-corrected chi connectivity index (χ2v) is 9.00. The topological polar surface area (TPSA) is 62.5 Å². The Morgan fingerprint density at radius 1 is 0.743 bits per heavy atom. The van der Waals surface area contributed by atoms with Crippen LogP contribution in [0.4, 0.5) is 18.9 Å². The molecular weight excluding hydrogens is 467 g/mol. The molecule has 7 nitrogen and oxygen atoms in total. The smallest absolute Gasteiger partial charge is 0.449 e. The Bertz CT molecular complexity index is 1340. The van der Waals surface area contributed by atoms with Crippen molar-refractivity contribution in [1.82, 2.24) is 0 Å². The van der Waals surface area contributed by atoms with Crippen LogP contribution in [0.3, 0.4) is 0 Å². The maximum absolute atomic E-state index is 13.1. The third-order valence-electron chi connectivity index (χ3n) is 6.90. The fourth-order valence-corrected chi connectivity index (χ4v) is 5.36. The summed E-state index contributed by atoms with van der Waals surface area (Å²) in [5.41, 5.74) is 2.17. The summed E-state index contributed by atoms with van der Waals surface area (Å²) in [7, 11) is 0. The summed E-state index contributed by atoms with van der Waals surface area (Å²) < 4.78 is 73.8. The summed E-state index contributed by atoms with van der Waals surface area (Å²) >= 11 is 0. The van der Waals surface area contributed by atoms with Crippen molar-refractivity contribution in [2.45, 2.75) is 18.1 Å². The first-order chi connectivity index (χ1) is 16.9. The second kappa shape index (κ2) is 7.16. The largest absolute Gasteiger partial charge is 0.492 e. The molecule has 3 aromatic rings. The molecule has 1 unspecified atom stereocenters. The normalized spacial score (nSPS) is 21.6. The van der Waals surface area contributed by atoms with Gasteiger partial charge in [0.05, 0.1) is 12.0 Å². The minimum Gasteiger partial charge on any atom is -0.492 e. The molecule has 182 valence electrons. The molecule has 0 N–H and O–H groups in total. The molecule has 0 radical (unpaired) electrons. The Morgan fingerprint density at radius 3 is 2.03 bits per heavy atom. The van der Waals surface area contributed by atoms with E-state index in [2.05, 4.69) is 0 Å². The van der Waals surface area contributed by atoms with Gasteiger partial charge in [-0.25, -0.2) is 0 Å². The van der Waals surface area contributed by atoms with Gasteiger partial charge in [0.25, 0.3) is 0 Å². The van der Waals surface area contributed by atoms with Gasteiger partial charge in [0, 0.05) is 29.9 Å². The number of benzene rings is 2. The summed E-state index contributed by atoms with van der Waals surface area (Å²) in [6, 6.07) is 9.98. The molecule has 4 aliphatic rings. The van der Waals surface area contributed by atoms with Crippen LogP contribution in [0.2, 0.25) is 0 Å². The molecule has 2 aromatic carbocycles. The van der Waals surface area contributed by atoms with E-state index in [4.69, 9.17) is 28.1 Å². The van der Waals surface area contributed by atoms with Crippen molar-refractivity contribution in [2.75, 3.05) is 44.5 Å². The van der Waals surface area contributed by atoms with Crippen molar-refractivity contribution in [1.29, 1.82) is 0 Å². The average Bonchev–Trinajstić information content (AvgIpc) is 3.54. The molecule has 0 saturated carbocycles. The SMILES string of the molecule is FC(F)(F)c1ccc(CN2CC3(COc4cc5c(cc43)OCCO5)c3cc4c(cc32)OCCO4)o1. The number of fused-ring (bicyclic) bond motifs is 6. The molecule has 5 heterocycles. The standard InChI is InChI=1S/C25H20F3NO6/c26-25(27,28)23-2-1-14(35-23)11-29-12-24(15-7-19-21(9-17(15)29)32-5-3-30-19)13-34-18-10-22-20(8-16(18)24)31-4-6-33-22/h1-2,7-10H,3-6,11-13H2. The first-order valence-corrected chi connectivity index (χ1v) is 11.3. The number of furan rings is 1. The van der Waals surface area contributed by atoms with E-state index in [1.807, 2.05) is 29.2 Å². The van der Waals surface area contributed by atoms with Crippen molar-refractivity contribution < 1.29 is 41.3 Å². The molecular formula is C25H20F3NO6. The molecule has 0 fully saturated rings. The molecule has 0 bridgehead atoms. The van der Waals surface area contributed by atoms with Crippen molar-refractivity contribution in [3.63, 3.8) is 0 Å². The lowest BCUT2D eigenvalue weighted by atomic mass is 9.77. The third kappa shape index (κ3) is 3.11. The summed E-state index contributed by atoms with van der Waals surface area (Å²) in [5.74, 6) is 2.44. The van der Waals surface area contributed by atoms with Gasteiger partial charge in [0.1, 0.15) is 44.5 Å². The first kappa shape index (κ1) is 20.7. The van der Waals surface area contributed by atoms with Gasteiger partial charge in [-0.15, -0.1) is 0 Å². The zero-order chi connectivity index (χ0) is 23.8. The monoisotopic (exact) mass is 487 g/mol. The number of alkyl halides is 3. The van der Waals surface area contributed by atoms with E-state index >= 15 is 0 Å². The molecule has 1 aromatic heterocycles. The van der Waals surface area contributed by atoms with Crippen LogP contribution in [0.25, 0.3) is 0 Å². The second-order valence-electron chi connectivity index (χ2n) is 9.00. The molecule has 35 heavy (non-hydrogen) atoms. The molecule has 7 rings (SSSR count). The minimum atomic E-state index is -4.54. The summed E-state index contributed by atoms with van der Waals surface area (Å²) in [5, 5.41) is 0. The van der Waals surface area contributed by atoms with Crippen molar-refractivity contribution in [3.8, 4) is 28.7 Å². The van der Waals surface area contributed by atoms with E-state index in [0.29, 0.717) is 68.3 Å². The Morgan fingerprint density at radius 2 is 1.37 bits per heavy atom. The average molecular weight is 487 g/mol. The molecule has 1 spiro atoms.